The molecule has 0 bridgehead atoms. The van der Waals surface area contributed by atoms with Gasteiger partial charge in [-0.15, -0.1) is 0 Å². The van der Waals surface area contributed by atoms with Crippen molar-refractivity contribution in [3.8, 4) is 11.5 Å². The molecule has 2 aromatic carbocycles. The molecule has 0 aliphatic carbocycles. The van der Waals surface area contributed by atoms with Crippen LogP contribution in [0.25, 0.3) is 0 Å². The lowest BCUT2D eigenvalue weighted by molar-refractivity contribution is -0.435. The number of ether oxygens (including phenoxy) is 2. The second kappa shape index (κ2) is 7.40. The highest BCUT2D eigenvalue weighted by Gasteiger charge is 2.44. The maximum Gasteiger partial charge on any atom is 0.307 e. The molecule has 2 unspecified atom stereocenters. The standard InChI is InChI=1S/C20H22N4O4/c1-27-15-7-3-13(4-8-15)17-18(24(25)26)20-21-11-12-23(20)19(22-17)14-5-9-16(28-2)10-6-14/h3-10,17,19,21-22H,11-12H2,1-2H3. The Balaban J connectivity index is 1.77. The van der Waals surface area contributed by atoms with E-state index < -0.39 is 6.04 Å². The lowest BCUT2D eigenvalue weighted by Gasteiger charge is -2.38. The zero-order valence-corrected chi connectivity index (χ0v) is 15.7. The van der Waals surface area contributed by atoms with Crippen LogP contribution < -0.4 is 20.1 Å². The largest absolute Gasteiger partial charge is 0.497 e. The molecule has 2 heterocycles. The second-order valence-corrected chi connectivity index (χ2v) is 6.66. The SMILES string of the molecule is COc1ccc(C2NC(c3ccc(OC)cc3)N3CCNC3=C2[N+](=O)[O-])cc1. The van der Waals surface area contributed by atoms with E-state index >= 15 is 0 Å². The number of hydrogen-bond acceptors (Lipinski definition) is 7. The van der Waals surface area contributed by atoms with Gasteiger partial charge in [-0.2, -0.15) is 0 Å². The molecule has 0 amide bonds. The van der Waals surface area contributed by atoms with Crippen LogP contribution in [0.4, 0.5) is 0 Å². The quantitative estimate of drug-likeness (QED) is 0.606. The number of nitro groups is 1. The van der Waals surface area contributed by atoms with Crippen molar-refractivity contribution in [2.75, 3.05) is 27.3 Å². The van der Waals surface area contributed by atoms with Gasteiger partial charge in [0, 0.05) is 13.1 Å². The van der Waals surface area contributed by atoms with E-state index in [0.717, 1.165) is 16.9 Å². The maximum absolute atomic E-state index is 11.9. The van der Waals surface area contributed by atoms with Crippen molar-refractivity contribution in [1.82, 2.24) is 15.5 Å². The first-order chi connectivity index (χ1) is 13.6. The molecule has 2 N–H and O–H groups in total. The summed E-state index contributed by atoms with van der Waals surface area (Å²) in [5, 5.41) is 18.6. The topological polar surface area (TPSA) is 88.9 Å². The molecule has 146 valence electrons. The average molecular weight is 382 g/mol. The third kappa shape index (κ3) is 3.11. The average Bonchev–Trinajstić information content (AvgIpc) is 3.22. The van der Waals surface area contributed by atoms with Gasteiger partial charge in [-0.25, -0.2) is 0 Å². The predicted molar refractivity (Wildman–Crippen MR) is 103 cm³/mol. The number of methoxy groups -OCH3 is 2. The van der Waals surface area contributed by atoms with Gasteiger partial charge in [0.15, 0.2) is 5.82 Å². The zero-order valence-electron chi connectivity index (χ0n) is 15.7. The van der Waals surface area contributed by atoms with Crippen LogP contribution in [0.2, 0.25) is 0 Å². The second-order valence-electron chi connectivity index (χ2n) is 6.66. The summed E-state index contributed by atoms with van der Waals surface area (Å²) in [6, 6.07) is 14.6. The molecular formula is C20H22N4O4. The van der Waals surface area contributed by atoms with E-state index in [1.165, 1.54) is 0 Å². The molecule has 2 aliphatic rings. The molecule has 8 heteroatoms. The van der Waals surface area contributed by atoms with Crippen molar-refractivity contribution in [1.29, 1.82) is 0 Å². The molecule has 1 fully saturated rings. The fraction of sp³-hybridized carbons (Fsp3) is 0.300. The summed E-state index contributed by atoms with van der Waals surface area (Å²) in [7, 11) is 3.22. The minimum atomic E-state index is -0.551. The van der Waals surface area contributed by atoms with Gasteiger partial charge < -0.3 is 19.7 Å². The van der Waals surface area contributed by atoms with Crippen LogP contribution in [-0.4, -0.2) is 37.1 Å². The van der Waals surface area contributed by atoms with Gasteiger partial charge in [-0.1, -0.05) is 24.3 Å². The summed E-state index contributed by atoms with van der Waals surface area (Å²) in [5.74, 6) is 2.06. The van der Waals surface area contributed by atoms with E-state index in [1.54, 1.807) is 14.2 Å². The van der Waals surface area contributed by atoms with E-state index in [4.69, 9.17) is 9.47 Å². The van der Waals surface area contributed by atoms with Crippen LogP contribution in [0.1, 0.15) is 23.3 Å². The van der Waals surface area contributed by atoms with Crippen LogP contribution >= 0.6 is 0 Å². The van der Waals surface area contributed by atoms with Crippen LogP contribution in [0.3, 0.4) is 0 Å². The van der Waals surface area contributed by atoms with Gasteiger partial charge in [-0.05, 0) is 35.4 Å². The van der Waals surface area contributed by atoms with Gasteiger partial charge in [-0.3, -0.25) is 15.4 Å². The van der Waals surface area contributed by atoms with Crippen molar-refractivity contribution in [3.05, 3.63) is 81.3 Å². The lowest BCUT2D eigenvalue weighted by atomic mass is 9.98. The van der Waals surface area contributed by atoms with E-state index in [0.29, 0.717) is 24.7 Å². The first-order valence-corrected chi connectivity index (χ1v) is 9.05. The molecule has 0 aromatic heterocycles. The number of rotatable bonds is 5. The number of benzene rings is 2. The van der Waals surface area contributed by atoms with Crippen molar-refractivity contribution < 1.29 is 14.4 Å². The summed E-state index contributed by atoms with van der Waals surface area (Å²) in [5.41, 5.74) is 1.96. The summed E-state index contributed by atoms with van der Waals surface area (Å²) < 4.78 is 10.5. The van der Waals surface area contributed by atoms with Crippen molar-refractivity contribution in [2.24, 2.45) is 0 Å². The van der Waals surface area contributed by atoms with Crippen LogP contribution in [0.5, 0.6) is 11.5 Å². The predicted octanol–water partition coefficient (Wildman–Crippen LogP) is 2.40. The molecular weight excluding hydrogens is 360 g/mol. The van der Waals surface area contributed by atoms with Gasteiger partial charge in [0.05, 0.1) is 19.1 Å². The Morgan fingerprint density at radius 2 is 1.57 bits per heavy atom. The van der Waals surface area contributed by atoms with Gasteiger partial charge >= 0.3 is 5.70 Å². The highest BCUT2D eigenvalue weighted by molar-refractivity contribution is 5.37. The molecule has 0 saturated carbocycles. The van der Waals surface area contributed by atoms with Crippen molar-refractivity contribution in [2.45, 2.75) is 12.2 Å². The molecule has 4 rings (SSSR count). The lowest BCUT2D eigenvalue weighted by Crippen LogP contribution is -2.46. The van der Waals surface area contributed by atoms with E-state index in [2.05, 4.69) is 10.6 Å². The van der Waals surface area contributed by atoms with Gasteiger partial charge in [0.1, 0.15) is 23.7 Å². The number of hydrogen-bond donors (Lipinski definition) is 2. The smallest absolute Gasteiger partial charge is 0.307 e. The molecule has 0 radical (unpaired) electrons. The summed E-state index contributed by atoms with van der Waals surface area (Å²) in [6.45, 7) is 1.35. The van der Waals surface area contributed by atoms with E-state index in [9.17, 15) is 10.1 Å². The fourth-order valence-corrected chi connectivity index (χ4v) is 3.77. The number of nitrogens with one attached hydrogen (secondary N) is 2. The van der Waals surface area contributed by atoms with E-state index in [-0.39, 0.29) is 16.8 Å². The van der Waals surface area contributed by atoms with Gasteiger partial charge in [0.25, 0.3) is 0 Å². The molecule has 2 aromatic rings. The highest BCUT2D eigenvalue weighted by atomic mass is 16.6. The molecule has 1 saturated heterocycles. The van der Waals surface area contributed by atoms with Crippen LogP contribution in [0, 0.1) is 10.1 Å². The number of fused-ring (bicyclic) bond motifs is 1. The van der Waals surface area contributed by atoms with Crippen LogP contribution in [0.15, 0.2) is 60.0 Å². The third-order valence-electron chi connectivity index (χ3n) is 5.16. The van der Waals surface area contributed by atoms with E-state index in [1.807, 2.05) is 53.4 Å². The normalized spacial score (nSPS) is 21.1. The Morgan fingerprint density at radius 1 is 1.00 bits per heavy atom. The minimum Gasteiger partial charge on any atom is -0.497 e. The fourth-order valence-electron chi connectivity index (χ4n) is 3.77. The Bertz CT molecular complexity index is 895. The number of nitrogens with zero attached hydrogens (tertiary/aromatic N) is 2. The molecule has 28 heavy (non-hydrogen) atoms. The third-order valence-corrected chi connectivity index (χ3v) is 5.16. The monoisotopic (exact) mass is 382 g/mol. The highest BCUT2D eigenvalue weighted by Crippen LogP contribution is 2.38. The summed E-state index contributed by atoms with van der Waals surface area (Å²) in [6.07, 6.45) is -0.188. The molecule has 8 nitrogen and oxygen atoms in total. The van der Waals surface area contributed by atoms with Crippen LogP contribution in [-0.2, 0) is 0 Å². The Morgan fingerprint density at radius 3 is 2.11 bits per heavy atom. The van der Waals surface area contributed by atoms with Crippen molar-refractivity contribution in [3.63, 3.8) is 0 Å². The maximum atomic E-state index is 11.9. The Kier molecular flexibility index (Phi) is 4.79. The van der Waals surface area contributed by atoms with Gasteiger partial charge in [0.2, 0.25) is 0 Å². The zero-order chi connectivity index (χ0) is 19.7. The van der Waals surface area contributed by atoms with Crippen molar-refractivity contribution >= 4 is 0 Å². The molecule has 2 aliphatic heterocycles. The first kappa shape index (κ1) is 18.1. The molecule has 2 atom stereocenters. The minimum absolute atomic E-state index is 0.132. The summed E-state index contributed by atoms with van der Waals surface area (Å²) in [4.78, 5) is 13.6. The summed E-state index contributed by atoms with van der Waals surface area (Å²) >= 11 is 0. The Labute approximate surface area is 162 Å². The Hall–Kier alpha value is -3.26. The molecule has 0 spiro atoms. The first-order valence-electron chi connectivity index (χ1n) is 9.05.